The smallest absolute Gasteiger partial charge is 0.337 e. The number of rotatable bonds is 17. The molecule has 0 fully saturated rings. The molecule has 0 aliphatic heterocycles. The summed E-state index contributed by atoms with van der Waals surface area (Å²) in [6.45, 7) is 12.3. The summed E-state index contributed by atoms with van der Waals surface area (Å²) in [4.78, 5) is 86.2. The van der Waals surface area contributed by atoms with Gasteiger partial charge in [0.1, 0.15) is 6.61 Å². The average Bonchev–Trinajstić information content (AvgIpc) is 3.19. The molecule has 2 aromatic rings. The Morgan fingerprint density at radius 2 is 1.30 bits per heavy atom. The first-order valence-electron chi connectivity index (χ1n) is 18.3. The van der Waals surface area contributed by atoms with Gasteiger partial charge in [0.25, 0.3) is 0 Å². The first kappa shape index (κ1) is 48.1. The fourth-order valence-corrected chi connectivity index (χ4v) is 6.72. The van der Waals surface area contributed by atoms with E-state index in [0.29, 0.717) is 22.3 Å². The summed E-state index contributed by atoms with van der Waals surface area (Å²) in [6, 6.07) is 10.0. The predicted molar refractivity (Wildman–Crippen MR) is 215 cm³/mol. The minimum absolute atomic E-state index is 0.00637. The summed E-state index contributed by atoms with van der Waals surface area (Å²) in [5.41, 5.74) is -0.234. The van der Waals surface area contributed by atoms with E-state index in [9.17, 15) is 33.6 Å². The van der Waals surface area contributed by atoms with Crippen LogP contribution in [0.15, 0.2) is 61.2 Å². The van der Waals surface area contributed by atoms with Crippen molar-refractivity contribution in [3.05, 3.63) is 92.6 Å². The number of carbonyl (C=O) groups is 7. The van der Waals surface area contributed by atoms with Crippen molar-refractivity contribution in [2.75, 3.05) is 47.3 Å². The number of carbonyl (C=O) groups excluding carboxylic acids is 7. The maximum absolute atomic E-state index is 13.0. The number of allylic oxidation sites excluding steroid dienone is 2. The second-order valence-corrected chi connectivity index (χ2v) is 13.8. The number of hydrogen-bond donors (Lipinski definition) is 0. The second kappa shape index (κ2) is 23.2. The lowest BCUT2D eigenvalue weighted by Crippen LogP contribution is -2.47. The van der Waals surface area contributed by atoms with Gasteiger partial charge in [-0.1, -0.05) is 24.3 Å². The van der Waals surface area contributed by atoms with Crippen molar-refractivity contribution in [3.63, 3.8) is 0 Å². The van der Waals surface area contributed by atoms with Gasteiger partial charge in [0, 0.05) is 22.8 Å². The molecule has 0 spiro atoms. The molecule has 0 heterocycles. The molecule has 0 saturated heterocycles. The standard InChI is InChI=1S/C22H27IO8.C20H24O6/c1-5-29-20(26)22(21(27)30-6-2,11-7-8-12-31-15(3)24)14-17-13-16(19(25)28-4)9-10-18(17)23;1-5-13-11-20(18(22)25-6-2,19(23)26-7-3)12-15-10-14(17(21)24-4)8-9-16(13)15/h7-10,13H,5-6,11-12,14H2,1-4H3;5,8-10,13H,1,6-7,11-12H2,2-4H3/b8-7+;. The molecule has 0 bridgehead atoms. The van der Waals surface area contributed by atoms with Gasteiger partial charge in [-0.25, -0.2) is 9.59 Å². The summed E-state index contributed by atoms with van der Waals surface area (Å²) < 4.78 is 36.0. The largest absolute Gasteiger partial charge is 0.465 e. The highest BCUT2D eigenvalue weighted by molar-refractivity contribution is 14.1. The van der Waals surface area contributed by atoms with Crippen LogP contribution in [-0.2, 0) is 70.0 Å². The first-order chi connectivity index (χ1) is 27.1. The van der Waals surface area contributed by atoms with Crippen LogP contribution >= 0.6 is 22.6 Å². The maximum atomic E-state index is 13.0. The molecule has 0 saturated carbocycles. The van der Waals surface area contributed by atoms with Crippen LogP contribution in [0.25, 0.3) is 0 Å². The maximum Gasteiger partial charge on any atom is 0.337 e. The monoisotopic (exact) mass is 906 g/mol. The Bertz CT molecular complexity index is 1780. The Labute approximate surface area is 346 Å². The predicted octanol–water partition coefficient (Wildman–Crippen LogP) is 6.04. The fourth-order valence-electron chi connectivity index (χ4n) is 6.19. The fraction of sp³-hybridized carbons (Fsp3) is 0.452. The minimum atomic E-state index is -1.67. The Morgan fingerprint density at radius 1 is 0.772 bits per heavy atom. The van der Waals surface area contributed by atoms with Crippen LogP contribution in [0.3, 0.4) is 0 Å². The van der Waals surface area contributed by atoms with Crippen LogP contribution in [0.5, 0.6) is 0 Å². The van der Waals surface area contributed by atoms with Gasteiger partial charge < -0.3 is 33.2 Å². The molecule has 1 aliphatic carbocycles. The van der Waals surface area contributed by atoms with E-state index in [4.69, 9.17) is 33.2 Å². The highest BCUT2D eigenvalue weighted by Crippen LogP contribution is 2.45. The van der Waals surface area contributed by atoms with Crippen LogP contribution in [0.4, 0.5) is 0 Å². The molecule has 0 aromatic heterocycles. The lowest BCUT2D eigenvalue weighted by molar-refractivity contribution is -0.174. The van der Waals surface area contributed by atoms with E-state index in [0.717, 1.165) is 9.13 Å². The van der Waals surface area contributed by atoms with Crippen molar-refractivity contribution in [2.45, 2.75) is 66.2 Å². The Hall–Kier alpha value is -5.06. The molecule has 15 heteroatoms. The highest BCUT2D eigenvalue weighted by Gasteiger charge is 2.53. The van der Waals surface area contributed by atoms with E-state index in [1.165, 1.54) is 21.1 Å². The molecule has 0 radical (unpaired) electrons. The Kier molecular flexibility index (Phi) is 19.6. The van der Waals surface area contributed by atoms with Crippen LogP contribution in [0.1, 0.15) is 90.8 Å². The van der Waals surface area contributed by atoms with E-state index in [2.05, 4.69) is 29.2 Å². The van der Waals surface area contributed by atoms with E-state index in [-0.39, 0.29) is 64.6 Å². The summed E-state index contributed by atoms with van der Waals surface area (Å²) in [6.07, 6.45) is 5.06. The van der Waals surface area contributed by atoms with Crippen molar-refractivity contribution in [1.82, 2.24) is 0 Å². The van der Waals surface area contributed by atoms with Gasteiger partial charge in [-0.15, -0.1) is 6.58 Å². The zero-order valence-corrected chi connectivity index (χ0v) is 35.6. The van der Waals surface area contributed by atoms with Crippen molar-refractivity contribution in [2.24, 2.45) is 10.8 Å². The average molecular weight is 907 g/mol. The number of fused-ring (bicyclic) bond motifs is 1. The number of esters is 7. The number of methoxy groups -OCH3 is 2. The zero-order valence-electron chi connectivity index (χ0n) is 33.4. The van der Waals surface area contributed by atoms with Crippen LogP contribution < -0.4 is 0 Å². The molecule has 0 N–H and O–H groups in total. The molecule has 2 aromatic carbocycles. The van der Waals surface area contributed by atoms with E-state index >= 15 is 0 Å². The molecule has 1 atom stereocenters. The van der Waals surface area contributed by atoms with Crippen molar-refractivity contribution in [1.29, 1.82) is 0 Å². The third-order valence-corrected chi connectivity index (χ3v) is 10.0. The third-order valence-electron chi connectivity index (χ3n) is 8.95. The van der Waals surface area contributed by atoms with Gasteiger partial charge in [-0.3, -0.25) is 24.0 Å². The summed E-state index contributed by atoms with van der Waals surface area (Å²) in [7, 11) is 2.57. The molecular weight excluding hydrogens is 855 g/mol. The molecule has 3 rings (SSSR count). The number of ether oxygens (including phenoxy) is 7. The molecule has 14 nitrogen and oxygen atoms in total. The van der Waals surface area contributed by atoms with Crippen molar-refractivity contribution < 1.29 is 66.7 Å². The van der Waals surface area contributed by atoms with Crippen LogP contribution in [0.2, 0.25) is 0 Å². The number of hydrogen-bond acceptors (Lipinski definition) is 14. The SMILES string of the molecule is C=CC1CC(C(=O)OCC)(C(=O)OCC)Cc2cc(C(=O)OC)ccc21.CCOC(=O)C(C/C=C/COC(C)=O)(Cc1cc(C(=O)OC)ccc1I)C(=O)OCC. The van der Waals surface area contributed by atoms with Gasteiger partial charge in [-0.05, 0) is 117 Å². The summed E-state index contributed by atoms with van der Waals surface area (Å²) in [5, 5.41) is 0. The van der Waals surface area contributed by atoms with E-state index < -0.39 is 52.6 Å². The summed E-state index contributed by atoms with van der Waals surface area (Å²) in [5.74, 6) is -4.38. The Morgan fingerprint density at radius 3 is 1.79 bits per heavy atom. The number of benzene rings is 2. The Balaban J connectivity index is 0.000000399. The van der Waals surface area contributed by atoms with E-state index in [1.807, 2.05) is 6.07 Å². The van der Waals surface area contributed by atoms with Crippen LogP contribution in [0, 0.1) is 14.4 Å². The summed E-state index contributed by atoms with van der Waals surface area (Å²) >= 11 is 2.07. The molecule has 57 heavy (non-hydrogen) atoms. The number of halogens is 1. The molecular formula is C42H51IO14. The lowest BCUT2D eigenvalue weighted by Gasteiger charge is -2.37. The van der Waals surface area contributed by atoms with Gasteiger partial charge in [0.2, 0.25) is 0 Å². The lowest BCUT2D eigenvalue weighted by atomic mass is 9.66. The molecule has 1 aliphatic rings. The highest BCUT2D eigenvalue weighted by atomic mass is 127. The normalized spacial score (nSPS) is 14.1. The third kappa shape index (κ3) is 12.5. The zero-order chi connectivity index (χ0) is 42.8. The van der Waals surface area contributed by atoms with Gasteiger partial charge >= 0.3 is 41.8 Å². The molecule has 1 unspecified atom stereocenters. The topological polar surface area (TPSA) is 184 Å². The van der Waals surface area contributed by atoms with Crippen molar-refractivity contribution >= 4 is 64.4 Å². The first-order valence-corrected chi connectivity index (χ1v) is 19.4. The van der Waals surface area contributed by atoms with Crippen molar-refractivity contribution in [3.8, 4) is 0 Å². The van der Waals surface area contributed by atoms with Gasteiger partial charge in [0.05, 0.1) is 51.8 Å². The van der Waals surface area contributed by atoms with Gasteiger partial charge in [-0.2, -0.15) is 0 Å². The quantitative estimate of drug-likeness (QED) is 0.0588. The molecule has 310 valence electrons. The van der Waals surface area contributed by atoms with Crippen LogP contribution in [-0.4, -0.2) is 89.0 Å². The second-order valence-electron chi connectivity index (χ2n) is 12.6. The van der Waals surface area contributed by atoms with E-state index in [1.54, 1.807) is 76.3 Å². The molecule has 0 amide bonds. The minimum Gasteiger partial charge on any atom is -0.465 e. The van der Waals surface area contributed by atoms with Gasteiger partial charge in [0.15, 0.2) is 10.8 Å².